The van der Waals surface area contributed by atoms with Crippen molar-refractivity contribution in [1.29, 1.82) is 0 Å². The van der Waals surface area contributed by atoms with E-state index in [0.717, 1.165) is 6.42 Å². The monoisotopic (exact) mass is 455 g/mol. The Labute approximate surface area is 189 Å². The van der Waals surface area contributed by atoms with Gasteiger partial charge in [-0.3, -0.25) is 14.5 Å². The summed E-state index contributed by atoms with van der Waals surface area (Å²) in [6.07, 6.45) is 3.04. The van der Waals surface area contributed by atoms with Gasteiger partial charge in [-0.25, -0.2) is 4.79 Å². The first kappa shape index (κ1) is 20.3. The standard InChI is InChI=1S/C24H19Cl2NO4/c1-12-9-14-10-16(12)21-20(14)22(28)27(23(21)29)15-7-5-13(6-8-15)24(30)31-11-17-18(25)3-2-4-19(17)26/h2-9,14,16,20-21H,10-11H2,1H3/t14-,16+,20-,21-/m0/s1. The molecule has 2 aromatic rings. The predicted molar refractivity (Wildman–Crippen MR) is 117 cm³/mol. The van der Waals surface area contributed by atoms with Gasteiger partial charge in [0.25, 0.3) is 0 Å². The number of allylic oxidation sites excluding steroid dienone is 2. The molecule has 0 aromatic heterocycles. The van der Waals surface area contributed by atoms with Crippen molar-refractivity contribution in [2.75, 3.05) is 4.90 Å². The number of benzene rings is 2. The van der Waals surface area contributed by atoms with Crippen molar-refractivity contribution in [2.45, 2.75) is 20.0 Å². The van der Waals surface area contributed by atoms with E-state index >= 15 is 0 Å². The molecule has 7 heteroatoms. The molecule has 4 atom stereocenters. The van der Waals surface area contributed by atoms with Crippen LogP contribution in [0.2, 0.25) is 10.0 Å². The van der Waals surface area contributed by atoms with Crippen molar-refractivity contribution in [2.24, 2.45) is 23.7 Å². The number of ether oxygens (including phenoxy) is 1. The number of nitrogens with zero attached hydrogens (tertiary/aromatic N) is 1. The van der Waals surface area contributed by atoms with Crippen LogP contribution < -0.4 is 4.90 Å². The summed E-state index contributed by atoms with van der Waals surface area (Å²) in [5.74, 6) is -1.02. The van der Waals surface area contributed by atoms with Crippen LogP contribution in [-0.4, -0.2) is 17.8 Å². The summed E-state index contributed by atoms with van der Waals surface area (Å²) in [4.78, 5) is 39.7. The summed E-state index contributed by atoms with van der Waals surface area (Å²) in [6, 6.07) is 11.4. The Morgan fingerprint density at radius 3 is 2.35 bits per heavy atom. The van der Waals surface area contributed by atoms with Crippen LogP contribution in [0.1, 0.15) is 29.3 Å². The van der Waals surface area contributed by atoms with Crippen LogP contribution in [0.4, 0.5) is 5.69 Å². The van der Waals surface area contributed by atoms with Gasteiger partial charge in [0.1, 0.15) is 6.61 Å². The summed E-state index contributed by atoms with van der Waals surface area (Å²) < 4.78 is 5.33. The van der Waals surface area contributed by atoms with Crippen LogP contribution in [0.15, 0.2) is 54.1 Å². The molecular formula is C24H19Cl2NO4. The van der Waals surface area contributed by atoms with Crippen molar-refractivity contribution in [3.05, 3.63) is 75.3 Å². The lowest BCUT2D eigenvalue weighted by Crippen LogP contribution is -2.32. The predicted octanol–water partition coefficient (Wildman–Crippen LogP) is 5.05. The molecule has 31 heavy (non-hydrogen) atoms. The first-order valence-corrected chi connectivity index (χ1v) is 10.9. The summed E-state index contributed by atoms with van der Waals surface area (Å²) in [5.41, 5.74) is 2.54. The molecule has 2 amide bonds. The maximum Gasteiger partial charge on any atom is 0.338 e. The van der Waals surface area contributed by atoms with Gasteiger partial charge in [0, 0.05) is 15.6 Å². The van der Waals surface area contributed by atoms with Gasteiger partial charge in [0.05, 0.1) is 23.1 Å². The lowest BCUT2D eigenvalue weighted by Gasteiger charge is -2.19. The van der Waals surface area contributed by atoms with Crippen LogP contribution >= 0.6 is 23.2 Å². The molecule has 0 N–H and O–H groups in total. The third-order valence-corrected chi connectivity index (χ3v) is 7.36. The molecule has 1 saturated heterocycles. The molecule has 0 spiro atoms. The van der Waals surface area contributed by atoms with E-state index < -0.39 is 5.97 Å². The Bertz CT molecular complexity index is 1120. The van der Waals surface area contributed by atoms with Gasteiger partial charge >= 0.3 is 5.97 Å². The van der Waals surface area contributed by atoms with Crippen LogP contribution in [0, 0.1) is 23.7 Å². The molecule has 5 rings (SSSR count). The fourth-order valence-electron chi connectivity index (χ4n) is 5.17. The molecule has 2 aliphatic carbocycles. The summed E-state index contributed by atoms with van der Waals surface area (Å²) in [5, 5.41) is 0.844. The van der Waals surface area contributed by atoms with Gasteiger partial charge in [-0.15, -0.1) is 0 Å². The van der Waals surface area contributed by atoms with Gasteiger partial charge in [0.2, 0.25) is 11.8 Å². The Kier molecular flexibility index (Phi) is 4.91. The van der Waals surface area contributed by atoms with Crippen LogP contribution in [0.3, 0.4) is 0 Å². The number of rotatable bonds is 4. The topological polar surface area (TPSA) is 63.7 Å². The van der Waals surface area contributed by atoms with E-state index in [9.17, 15) is 14.4 Å². The normalized spacial score (nSPS) is 26.3. The number of hydrogen-bond donors (Lipinski definition) is 0. The van der Waals surface area contributed by atoms with Crippen LogP contribution in [-0.2, 0) is 20.9 Å². The quantitative estimate of drug-likeness (QED) is 0.367. The van der Waals surface area contributed by atoms with Gasteiger partial charge < -0.3 is 4.74 Å². The second-order valence-corrected chi connectivity index (χ2v) is 9.12. The van der Waals surface area contributed by atoms with Crippen molar-refractivity contribution in [3.8, 4) is 0 Å². The molecule has 2 aromatic carbocycles. The minimum atomic E-state index is -0.545. The van der Waals surface area contributed by atoms with Crippen molar-refractivity contribution in [3.63, 3.8) is 0 Å². The lowest BCUT2D eigenvalue weighted by atomic mass is 9.82. The molecule has 2 fully saturated rings. The number of halogens is 2. The first-order valence-electron chi connectivity index (χ1n) is 10.1. The number of esters is 1. The molecule has 5 nitrogen and oxygen atoms in total. The van der Waals surface area contributed by atoms with E-state index in [1.807, 2.05) is 6.92 Å². The zero-order chi connectivity index (χ0) is 21.9. The first-order chi connectivity index (χ1) is 14.9. The van der Waals surface area contributed by atoms with Gasteiger partial charge in [-0.2, -0.15) is 0 Å². The molecule has 1 aliphatic heterocycles. The Morgan fingerprint density at radius 1 is 1.03 bits per heavy atom. The fourth-order valence-corrected chi connectivity index (χ4v) is 5.67. The summed E-state index contributed by atoms with van der Waals surface area (Å²) in [7, 11) is 0. The highest BCUT2D eigenvalue weighted by Crippen LogP contribution is 2.55. The second-order valence-electron chi connectivity index (χ2n) is 8.30. The molecule has 3 aliphatic rings. The average molecular weight is 456 g/mol. The summed E-state index contributed by atoms with van der Waals surface area (Å²) >= 11 is 12.2. The van der Waals surface area contributed by atoms with Crippen molar-refractivity contribution in [1.82, 2.24) is 0 Å². The maximum atomic E-state index is 13.0. The van der Waals surface area contributed by atoms with E-state index in [1.54, 1.807) is 42.5 Å². The van der Waals surface area contributed by atoms with E-state index in [-0.39, 0.29) is 42.1 Å². The third-order valence-electron chi connectivity index (χ3n) is 6.65. The molecule has 0 radical (unpaired) electrons. The number of anilines is 1. The minimum absolute atomic E-state index is 0.0549. The highest BCUT2D eigenvalue weighted by molar-refractivity contribution is 6.36. The number of carbonyl (C=O) groups excluding carboxylic acids is 3. The number of carbonyl (C=O) groups is 3. The third kappa shape index (κ3) is 3.19. The van der Waals surface area contributed by atoms with E-state index in [1.165, 1.54) is 10.5 Å². The van der Waals surface area contributed by atoms with E-state index in [2.05, 4.69) is 6.08 Å². The zero-order valence-corrected chi connectivity index (χ0v) is 18.2. The Hall–Kier alpha value is -2.63. The van der Waals surface area contributed by atoms with Crippen LogP contribution in [0.5, 0.6) is 0 Å². The van der Waals surface area contributed by atoms with Gasteiger partial charge in [-0.1, -0.05) is 40.9 Å². The number of imide groups is 1. The number of amides is 2. The Balaban J connectivity index is 1.30. The van der Waals surface area contributed by atoms with Crippen molar-refractivity contribution < 1.29 is 19.1 Å². The van der Waals surface area contributed by atoms with E-state index in [0.29, 0.717) is 26.9 Å². The highest BCUT2D eigenvalue weighted by atomic mass is 35.5. The second kappa shape index (κ2) is 7.50. The molecule has 0 unspecified atom stereocenters. The average Bonchev–Trinajstić information content (AvgIpc) is 3.38. The van der Waals surface area contributed by atoms with Gasteiger partial charge in [0.15, 0.2) is 0 Å². The fraction of sp³-hybridized carbons (Fsp3) is 0.292. The van der Waals surface area contributed by atoms with Gasteiger partial charge in [-0.05, 0) is 61.6 Å². The van der Waals surface area contributed by atoms with Crippen molar-refractivity contribution >= 4 is 46.7 Å². The SMILES string of the molecule is CC1=C[C@H]2C[C@H]1[C@@H]1C(=O)N(c3ccc(C(=O)OCc4c(Cl)cccc4Cl)cc3)C(=O)[C@H]12. The molecular weight excluding hydrogens is 437 g/mol. The lowest BCUT2D eigenvalue weighted by molar-refractivity contribution is -0.123. The molecule has 158 valence electrons. The minimum Gasteiger partial charge on any atom is -0.457 e. The number of hydrogen-bond acceptors (Lipinski definition) is 4. The van der Waals surface area contributed by atoms with Crippen LogP contribution in [0.25, 0.3) is 0 Å². The van der Waals surface area contributed by atoms with E-state index in [4.69, 9.17) is 27.9 Å². The molecule has 2 bridgehead atoms. The maximum absolute atomic E-state index is 13.0. The zero-order valence-electron chi connectivity index (χ0n) is 16.7. The molecule has 1 heterocycles. The smallest absolute Gasteiger partial charge is 0.338 e. The summed E-state index contributed by atoms with van der Waals surface area (Å²) in [6.45, 7) is 1.98. The Morgan fingerprint density at radius 2 is 1.68 bits per heavy atom. The molecule has 1 saturated carbocycles. The largest absolute Gasteiger partial charge is 0.457 e. The highest BCUT2D eigenvalue weighted by Gasteiger charge is 2.60. The number of fused-ring (bicyclic) bond motifs is 5.